The molecular formula is C22H15BrClFN4OS2. The molecule has 0 saturated carbocycles. The number of rotatable bonds is 2. The van der Waals surface area contributed by atoms with E-state index in [1.54, 1.807) is 6.07 Å². The number of halogens is 3. The maximum absolute atomic E-state index is 14.6. The maximum Gasteiger partial charge on any atom is 0.195 e. The standard InChI is InChI=1S/C22H15BrClFN4OS2/c1-22(2)7-12-19(13(30)8-22)32-21-28-17(14-3-4-15(24)31-14)18(29(12)21)20-26-11-6-9(23)5-10(25)16(11)27-20/h3-6H,7-8H2,1-2H3,(H,26,27). The van der Waals surface area contributed by atoms with Gasteiger partial charge < -0.3 is 4.98 Å². The monoisotopic (exact) mass is 548 g/mol. The van der Waals surface area contributed by atoms with Gasteiger partial charge in [0.2, 0.25) is 0 Å². The molecule has 0 aliphatic heterocycles. The van der Waals surface area contributed by atoms with Crippen LogP contribution in [0.5, 0.6) is 0 Å². The second kappa shape index (κ2) is 6.96. The van der Waals surface area contributed by atoms with Gasteiger partial charge in [0.05, 0.1) is 19.6 Å². The normalized spacial score (nSPS) is 15.7. The molecule has 1 aromatic carbocycles. The number of thiophene rings is 1. The summed E-state index contributed by atoms with van der Waals surface area (Å²) in [6, 6.07) is 6.94. The van der Waals surface area contributed by atoms with E-state index in [2.05, 4.69) is 39.7 Å². The van der Waals surface area contributed by atoms with E-state index >= 15 is 0 Å². The van der Waals surface area contributed by atoms with Crippen molar-refractivity contribution in [3.05, 3.63) is 49.5 Å². The topological polar surface area (TPSA) is 63.0 Å². The highest BCUT2D eigenvalue weighted by molar-refractivity contribution is 9.10. The Kier molecular flexibility index (Phi) is 4.47. The summed E-state index contributed by atoms with van der Waals surface area (Å²) < 4.78 is 17.9. The number of imidazole rings is 2. The minimum Gasteiger partial charge on any atom is -0.337 e. The zero-order valence-electron chi connectivity index (χ0n) is 16.9. The molecule has 0 amide bonds. The molecule has 0 saturated heterocycles. The van der Waals surface area contributed by atoms with Crippen molar-refractivity contribution in [2.75, 3.05) is 0 Å². The van der Waals surface area contributed by atoms with Crippen LogP contribution in [0.3, 0.4) is 0 Å². The van der Waals surface area contributed by atoms with Crippen LogP contribution in [0.2, 0.25) is 4.34 Å². The quantitative estimate of drug-likeness (QED) is 0.250. The lowest BCUT2D eigenvalue weighted by Crippen LogP contribution is -2.26. The summed E-state index contributed by atoms with van der Waals surface area (Å²) in [6.45, 7) is 4.20. The Bertz CT molecular complexity index is 1580. The Morgan fingerprint density at radius 2 is 2.03 bits per heavy atom. The SMILES string of the molecule is CC1(C)CC(=O)c2sc3nc(-c4ccc(Cl)s4)c(-c4nc5c(F)cc(Br)cc5[nH]4)n3c2C1. The van der Waals surface area contributed by atoms with Crippen molar-refractivity contribution >= 4 is 72.0 Å². The molecule has 6 rings (SSSR count). The molecule has 0 spiro atoms. The smallest absolute Gasteiger partial charge is 0.195 e. The Balaban J connectivity index is 1.70. The first kappa shape index (κ1) is 20.5. The number of aromatic nitrogens is 4. The summed E-state index contributed by atoms with van der Waals surface area (Å²) in [5.41, 5.74) is 3.05. The number of nitrogens with one attached hydrogen (secondary N) is 1. The van der Waals surface area contributed by atoms with Crippen molar-refractivity contribution in [2.45, 2.75) is 26.7 Å². The van der Waals surface area contributed by atoms with Crippen LogP contribution in [0.15, 0.2) is 28.7 Å². The predicted molar refractivity (Wildman–Crippen MR) is 131 cm³/mol. The molecule has 1 aliphatic rings. The van der Waals surface area contributed by atoms with Gasteiger partial charge in [-0.15, -0.1) is 11.3 Å². The van der Waals surface area contributed by atoms with Crippen molar-refractivity contribution in [1.82, 2.24) is 19.4 Å². The molecule has 0 fully saturated rings. The number of carbonyl (C=O) groups excluding carboxylic acids is 1. The predicted octanol–water partition coefficient (Wildman–Crippen LogP) is 7.38. The third kappa shape index (κ3) is 3.09. The molecule has 1 aliphatic carbocycles. The average Bonchev–Trinajstić information content (AvgIpc) is 3.43. The number of hydrogen-bond acceptors (Lipinski definition) is 5. The van der Waals surface area contributed by atoms with Gasteiger partial charge in [-0.1, -0.05) is 52.7 Å². The van der Waals surface area contributed by atoms with Crippen LogP contribution < -0.4 is 0 Å². The van der Waals surface area contributed by atoms with Gasteiger partial charge in [-0.3, -0.25) is 9.20 Å². The number of carbonyl (C=O) groups is 1. The molecule has 5 nitrogen and oxygen atoms in total. The van der Waals surface area contributed by atoms with Crippen molar-refractivity contribution in [2.24, 2.45) is 5.41 Å². The molecule has 4 aromatic heterocycles. The fraction of sp³-hybridized carbons (Fsp3) is 0.227. The largest absolute Gasteiger partial charge is 0.337 e. The summed E-state index contributed by atoms with van der Waals surface area (Å²) in [6.07, 6.45) is 1.25. The van der Waals surface area contributed by atoms with Gasteiger partial charge >= 0.3 is 0 Å². The highest BCUT2D eigenvalue weighted by Crippen LogP contribution is 2.44. The fourth-order valence-electron chi connectivity index (χ4n) is 4.36. The Morgan fingerprint density at radius 3 is 2.78 bits per heavy atom. The fourth-order valence-corrected chi connectivity index (χ4v) is 6.91. The second-order valence-corrected chi connectivity index (χ2v) is 12.3. The zero-order chi connectivity index (χ0) is 22.4. The zero-order valence-corrected chi connectivity index (χ0v) is 20.9. The second-order valence-electron chi connectivity index (χ2n) is 8.72. The number of benzene rings is 1. The van der Waals surface area contributed by atoms with Crippen LogP contribution in [0.1, 0.15) is 35.6 Å². The highest BCUT2D eigenvalue weighted by atomic mass is 79.9. The lowest BCUT2D eigenvalue weighted by atomic mass is 9.78. The summed E-state index contributed by atoms with van der Waals surface area (Å²) in [5, 5.41) is 0. The molecule has 1 N–H and O–H groups in total. The van der Waals surface area contributed by atoms with E-state index in [1.807, 2.05) is 16.5 Å². The van der Waals surface area contributed by atoms with E-state index in [1.165, 1.54) is 28.7 Å². The van der Waals surface area contributed by atoms with Gasteiger partial charge in [0.1, 0.15) is 16.9 Å². The summed E-state index contributed by atoms with van der Waals surface area (Å²) >= 11 is 12.4. The van der Waals surface area contributed by atoms with Crippen LogP contribution >= 0.6 is 50.2 Å². The van der Waals surface area contributed by atoms with Crippen LogP contribution in [-0.4, -0.2) is 25.1 Å². The molecule has 0 unspecified atom stereocenters. The molecule has 5 aromatic rings. The molecule has 32 heavy (non-hydrogen) atoms. The highest BCUT2D eigenvalue weighted by Gasteiger charge is 2.36. The Morgan fingerprint density at radius 1 is 1.22 bits per heavy atom. The number of hydrogen-bond donors (Lipinski definition) is 1. The van der Waals surface area contributed by atoms with Gasteiger partial charge in [0.15, 0.2) is 22.4 Å². The van der Waals surface area contributed by atoms with Gasteiger partial charge in [0, 0.05) is 16.6 Å². The summed E-state index contributed by atoms with van der Waals surface area (Å²) in [4.78, 5) is 28.0. The number of thiazole rings is 1. The van der Waals surface area contributed by atoms with Gasteiger partial charge in [0.25, 0.3) is 0 Å². The molecular weight excluding hydrogens is 535 g/mol. The first-order chi connectivity index (χ1) is 15.2. The van der Waals surface area contributed by atoms with Crippen molar-refractivity contribution in [1.29, 1.82) is 0 Å². The van der Waals surface area contributed by atoms with E-state index in [0.29, 0.717) is 38.0 Å². The molecule has 0 atom stereocenters. The van der Waals surface area contributed by atoms with Crippen molar-refractivity contribution < 1.29 is 9.18 Å². The van der Waals surface area contributed by atoms with Crippen molar-refractivity contribution in [3.8, 4) is 22.1 Å². The van der Waals surface area contributed by atoms with Crippen LogP contribution in [-0.2, 0) is 6.42 Å². The van der Waals surface area contributed by atoms with E-state index in [4.69, 9.17) is 16.6 Å². The van der Waals surface area contributed by atoms with E-state index < -0.39 is 5.82 Å². The number of Topliss-reactive ketones (excluding diaryl/α,β-unsaturated/α-hetero) is 1. The molecule has 10 heteroatoms. The maximum atomic E-state index is 14.6. The average molecular weight is 550 g/mol. The van der Waals surface area contributed by atoms with Crippen molar-refractivity contribution in [3.63, 3.8) is 0 Å². The van der Waals surface area contributed by atoms with E-state index in [-0.39, 0.29) is 16.7 Å². The van der Waals surface area contributed by atoms with E-state index in [0.717, 1.165) is 26.8 Å². The minimum absolute atomic E-state index is 0.137. The van der Waals surface area contributed by atoms with Gasteiger partial charge in [-0.25, -0.2) is 14.4 Å². The number of fused-ring (bicyclic) bond motifs is 4. The lowest BCUT2D eigenvalue weighted by Gasteiger charge is -2.28. The number of nitrogens with zero attached hydrogens (tertiary/aromatic N) is 3. The molecule has 4 heterocycles. The van der Waals surface area contributed by atoms with Gasteiger partial charge in [-0.2, -0.15) is 0 Å². The Labute approximate surface area is 203 Å². The first-order valence-corrected chi connectivity index (χ1v) is 12.7. The lowest BCUT2D eigenvalue weighted by molar-refractivity contribution is 0.0915. The third-order valence-corrected chi connectivity index (χ3v) is 8.47. The molecule has 0 radical (unpaired) electrons. The first-order valence-electron chi connectivity index (χ1n) is 9.88. The van der Waals surface area contributed by atoms with Crippen LogP contribution in [0, 0.1) is 11.2 Å². The molecule has 162 valence electrons. The number of aromatic amines is 1. The summed E-state index contributed by atoms with van der Waals surface area (Å²) in [7, 11) is 0. The van der Waals surface area contributed by atoms with Crippen LogP contribution in [0.4, 0.5) is 4.39 Å². The van der Waals surface area contributed by atoms with Gasteiger partial charge in [-0.05, 0) is 36.1 Å². The Hall–Kier alpha value is -2.07. The molecule has 0 bridgehead atoms. The third-order valence-electron chi connectivity index (χ3n) is 5.65. The number of H-pyrrole nitrogens is 1. The van der Waals surface area contributed by atoms with Crippen LogP contribution in [0.25, 0.3) is 38.1 Å². The van der Waals surface area contributed by atoms with E-state index in [9.17, 15) is 9.18 Å². The summed E-state index contributed by atoms with van der Waals surface area (Å²) in [5.74, 6) is 0.223. The number of ketones is 1. The minimum atomic E-state index is -0.415.